The highest BCUT2D eigenvalue weighted by Gasteiger charge is 2.20. The first kappa shape index (κ1) is 15.2. The van der Waals surface area contributed by atoms with Crippen molar-refractivity contribution in [2.45, 2.75) is 52.5 Å². The second-order valence-corrected chi connectivity index (χ2v) is 5.09. The maximum atomic E-state index is 13.7. The van der Waals surface area contributed by atoms with E-state index in [0.717, 1.165) is 17.5 Å². The molecule has 0 aliphatic heterocycles. The number of hydrogen-bond acceptors (Lipinski definition) is 1. The average Bonchev–Trinajstić information content (AvgIpc) is 2.38. The molecule has 0 heterocycles. The summed E-state index contributed by atoms with van der Waals surface area (Å²) in [7, 11) is 1.97. The standard InChI is InChI=1S/C16H26FN/c1-5-7-8-13(6-2)16(18-4)14-10-9-12(3)15(17)11-14/h9-11,13,16,18H,5-8H2,1-4H3. The normalized spacial score (nSPS) is 14.5. The first-order chi connectivity index (χ1) is 8.63. The van der Waals surface area contributed by atoms with E-state index in [9.17, 15) is 4.39 Å². The van der Waals surface area contributed by atoms with Crippen molar-refractivity contribution in [3.63, 3.8) is 0 Å². The van der Waals surface area contributed by atoms with E-state index in [1.54, 1.807) is 6.07 Å². The summed E-state index contributed by atoms with van der Waals surface area (Å²) in [5, 5.41) is 3.36. The number of aryl methyl sites for hydroxylation is 1. The molecule has 0 aliphatic rings. The smallest absolute Gasteiger partial charge is 0.126 e. The van der Waals surface area contributed by atoms with Gasteiger partial charge in [0.05, 0.1) is 0 Å². The van der Waals surface area contributed by atoms with Gasteiger partial charge in [0.25, 0.3) is 0 Å². The van der Waals surface area contributed by atoms with Gasteiger partial charge in [0, 0.05) is 6.04 Å². The Morgan fingerprint density at radius 3 is 2.50 bits per heavy atom. The molecule has 2 unspecified atom stereocenters. The van der Waals surface area contributed by atoms with Crippen molar-refractivity contribution in [2.75, 3.05) is 7.05 Å². The van der Waals surface area contributed by atoms with Crippen LogP contribution in [0.2, 0.25) is 0 Å². The maximum Gasteiger partial charge on any atom is 0.126 e. The Balaban J connectivity index is 2.88. The van der Waals surface area contributed by atoms with Gasteiger partial charge in [-0.25, -0.2) is 4.39 Å². The van der Waals surface area contributed by atoms with Gasteiger partial charge in [0.2, 0.25) is 0 Å². The van der Waals surface area contributed by atoms with E-state index < -0.39 is 0 Å². The van der Waals surface area contributed by atoms with Gasteiger partial charge in [-0.3, -0.25) is 0 Å². The highest BCUT2D eigenvalue weighted by molar-refractivity contribution is 5.26. The Bertz CT molecular complexity index is 362. The molecule has 1 rings (SSSR count). The first-order valence-electron chi connectivity index (χ1n) is 7.07. The zero-order valence-corrected chi connectivity index (χ0v) is 12.1. The fraction of sp³-hybridized carbons (Fsp3) is 0.625. The number of rotatable bonds is 7. The van der Waals surface area contributed by atoms with Crippen molar-refractivity contribution in [3.8, 4) is 0 Å². The van der Waals surface area contributed by atoms with Crippen LogP contribution in [0.1, 0.15) is 56.7 Å². The summed E-state index contributed by atoms with van der Waals surface area (Å²) in [6, 6.07) is 5.87. The van der Waals surface area contributed by atoms with Gasteiger partial charge in [-0.1, -0.05) is 45.2 Å². The lowest BCUT2D eigenvalue weighted by Gasteiger charge is -2.26. The lowest BCUT2D eigenvalue weighted by atomic mass is 9.86. The molecule has 0 saturated heterocycles. The molecule has 0 radical (unpaired) electrons. The molecule has 0 spiro atoms. The quantitative estimate of drug-likeness (QED) is 0.746. The van der Waals surface area contributed by atoms with E-state index >= 15 is 0 Å². The predicted molar refractivity (Wildman–Crippen MR) is 76.2 cm³/mol. The molecular weight excluding hydrogens is 225 g/mol. The van der Waals surface area contributed by atoms with Gasteiger partial charge in [-0.05, 0) is 43.5 Å². The summed E-state index contributed by atoms with van der Waals surface area (Å²) in [6.45, 7) is 6.24. The van der Waals surface area contributed by atoms with Crippen molar-refractivity contribution in [2.24, 2.45) is 5.92 Å². The minimum Gasteiger partial charge on any atom is -0.313 e. The van der Waals surface area contributed by atoms with Crippen molar-refractivity contribution in [1.29, 1.82) is 0 Å². The average molecular weight is 251 g/mol. The van der Waals surface area contributed by atoms with Gasteiger partial charge in [-0.15, -0.1) is 0 Å². The molecule has 102 valence electrons. The molecule has 1 aromatic carbocycles. The van der Waals surface area contributed by atoms with Gasteiger partial charge in [0.1, 0.15) is 5.82 Å². The molecule has 1 N–H and O–H groups in total. The summed E-state index contributed by atoms with van der Waals surface area (Å²) in [5.74, 6) is 0.482. The van der Waals surface area contributed by atoms with Crippen molar-refractivity contribution in [1.82, 2.24) is 5.32 Å². The maximum absolute atomic E-state index is 13.7. The Morgan fingerprint density at radius 2 is 2.00 bits per heavy atom. The fourth-order valence-corrected chi connectivity index (χ4v) is 2.55. The van der Waals surface area contributed by atoms with Crippen molar-refractivity contribution >= 4 is 0 Å². The lowest BCUT2D eigenvalue weighted by Crippen LogP contribution is -2.25. The number of hydrogen-bond donors (Lipinski definition) is 1. The Morgan fingerprint density at radius 1 is 1.28 bits per heavy atom. The Labute approximate surface area is 111 Å². The third-order valence-electron chi connectivity index (χ3n) is 3.79. The van der Waals surface area contributed by atoms with Gasteiger partial charge in [-0.2, -0.15) is 0 Å². The Kier molecular flexibility index (Phi) is 6.34. The molecule has 1 nitrogen and oxygen atoms in total. The molecule has 0 fully saturated rings. The van der Waals surface area contributed by atoms with Crippen molar-refractivity contribution in [3.05, 3.63) is 35.1 Å². The van der Waals surface area contributed by atoms with Gasteiger partial charge >= 0.3 is 0 Å². The van der Waals surface area contributed by atoms with E-state index in [1.165, 1.54) is 19.3 Å². The fourth-order valence-electron chi connectivity index (χ4n) is 2.55. The van der Waals surface area contributed by atoms with Crippen LogP contribution in [0.3, 0.4) is 0 Å². The number of benzene rings is 1. The third-order valence-corrected chi connectivity index (χ3v) is 3.79. The zero-order chi connectivity index (χ0) is 13.5. The van der Waals surface area contributed by atoms with E-state index in [4.69, 9.17) is 0 Å². The molecule has 0 bridgehead atoms. The second-order valence-electron chi connectivity index (χ2n) is 5.09. The minimum atomic E-state index is -0.0990. The second kappa shape index (κ2) is 7.52. The number of halogens is 1. The molecular formula is C16H26FN. The first-order valence-corrected chi connectivity index (χ1v) is 7.07. The van der Waals surface area contributed by atoms with E-state index in [1.807, 2.05) is 26.1 Å². The molecule has 1 aromatic rings. The molecule has 2 heteroatoms. The highest BCUT2D eigenvalue weighted by Crippen LogP contribution is 2.29. The summed E-state index contributed by atoms with van der Waals surface area (Å²) >= 11 is 0. The third kappa shape index (κ3) is 3.81. The van der Waals surface area contributed by atoms with Crippen LogP contribution in [0.5, 0.6) is 0 Å². The largest absolute Gasteiger partial charge is 0.313 e. The summed E-state index contributed by atoms with van der Waals surface area (Å²) in [5.41, 5.74) is 1.79. The minimum absolute atomic E-state index is 0.0990. The van der Waals surface area contributed by atoms with Crippen LogP contribution in [-0.2, 0) is 0 Å². The zero-order valence-electron chi connectivity index (χ0n) is 12.1. The molecule has 2 atom stereocenters. The van der Waals surface area contributed by atoms with E-state index in [-0.39, 0.29) is 11.9 Å². The molecule has 0 amide bonds. The van der Waals surface area contributed by atoms with E-state index in [2.05, 4.69) is 19.2 Å². The summed E-state index contributed by atoms with van der Waals surface area (Å²) in [4.78, 5) is 0. The van der Waals surface area contributed by atoms with Gasteiger partial charge in [0.15, 0.2) is 0 Å². The van der Waals surface area contributed by atoms with Crippen LogP contribution in [-0.4, -0.2) is 7.05 Å². The van der Waals surface area contributed by atoms with Crippen LogP contribution in [0.25, 0.3) is 0 Å². The van der Waals surface area contributed by atoms with Crippen LogP contribution in [0, 0.1) is 18.7 Å². The van der Waals surface area contributed by atoms with Crippen LogP contribution >= 0.6 is 0 Å². The van der Waals surface area contributed by atoms with E-state index in [0.29, 0.717) is 5.92 Å². The monoisotopic (exact) mass is 251 g/mol. The predicted octanol–water partition coefficient (Wildman–Crippen LogP) is 4.61. The molecule has 18 heavy (non-hydrogen) atoms. The van der Waals surface area contributed by atoms with Crippen LogP contribution < -0.4 is 5.32 Å². The summed E-state index contributed by atoms with van der Waals surface area (Å²) in [6.07, 6.45) is 4.79. The number of unbranched alkanes of at least 4 members (excludes halogenated alkanes) is 1. The molecule has 0 aliphatic carbocycles. The molecule has 0 aromatic heterocycles. The highest BCUT2D eigenvalue weighted by atomic mass is 19.1. The number of nitrogens with one attached hydrogen (secondary N) is 1. The Hall–Kier alpha value is -0.890. The van der Waals surface area contributed by atoms with Crippen molar-refractivity contribution < 1.29 is 4.39 Å². The lowest BCUT2D eigenvalue weighted by molar-refractivity contribution is 0.338. The van der Waals surface area contributed by atoms with Gasteiger partial charge < -0.3 is 5.32 Å². The summed E-state index contributed by atoms with van der Waals surface area (Å²) < 4.78 is 13.7. The molecule has 0 saturated carbocycles. The van der Waals surface area contributed by atoms with Crippen LogP contribution in [0.4, 0.5) is 4.39 Å². The van der Waals surface area contributed by atoms with Crippen LogP contribution in [0.15, 0.2) is 18.2 Å². The SMILES string of the molecule is CCCCC(CC)C(NC)c1ccc(C)c(F)c1. The topological polar surface area (TPSA) is 12.0 Å².